The Bertz CT molecular complexity index is 1580. The van der Waals surface area contributed by atoms with Crippen LogP contribution in [0.1, 0.15) is 39.1 Å². The Morgan fingerprint density at radius 2 is 1.55 bits per heavy atom. The SMILES string of the molecule is CN(C)CCN1C(=O)c2cccc3cc4cccc(NC(=O)CC(=O)CCc5ccccc5)c4c(c23)C1=O. The molecule has 7 nitrogen and oxygen atoms in total. The highest BCUT2D eigenvalue weighted by atomic mass is 16.2. The lowest BCUT2D eigenvalue weighted by molar-refractivity contribution is -0.125. The van der Waals surface area contributed by atoms with Gasteiger partial charge in [0.2, 0.25) is 5.91 Å². The number of hydrogen-bond donors (Lipinski definition) is 1. The minimum atomic E-state index is -0.431. The molecule has 4 aromatic rings. The zero-order valence-corrected chi connectivity index (χ0v) is 21.5. The smallest absolute Gasteiger partial charge is 0.262 e. The predicted octanol–water partition coefficient (Wildman–Crippen LogP) is 4.68. The fourth-order valence-corrected chi connectivity index (χ4v) is 4.99. The maximum atomic E-state index is 13.8. The van der Waals surface area contributed by atoms with Crippen LogP contribution < -0.4 is 5.32 Å². The lowest BCUT2D eigenvalue weighted by Gasteiger charge is -2.29. The van der Waals surface area contributed by atoms with Crippen LogP contribution in [0.25, 0.3) is 21.5 Å². The van der Waals surface area contributed by atoms with Gasteiger partial charge in [0.25, 0.3) is 11.8 Å². The van der Waals surface area contributed by atoms with Crippen molar-refractivity contribution in [2.24, 2.45) is 0 Å². The Hall–Kier alpha value is -4.36. The van der Waals surface area contributed by atoms with E-state index in [0.717, 1.165) is 16.3 Å². The second-order valence-electron chi connectivity index (χ2n) is 9.87. The number of nitrogens with zero attached hydrogens (tertiary/aromatic N) is 2. The Balaban J connectivity index is 1.48. The molecule has 1 N–H and O–H groups in total. The molecule has 0 radical (unpaired) electrons. The highest BCUT2D eigenvalue weighted by Gasteiger charge is 2.34. The highest BCUT2D eigenvalue weighted by Crippen LogP contribution is 2.38. The summed E-state index contributed by atoms with van der Waals surface area (Å²) in [5.41, 5.74) is 2.36. The number of carbonyl (C=O) groups is 4. The summed E-state index contributed by atoms with van der Waals surface area (Å²) < 4.78 is 0. The molecule has 0 aromatic heterocycles. The van der Waals surface area contributed by atoms with Crippen molar-refractivity contribution in [1.29, 1.82) is 0 Å². The quantitative estimate of drug-likeness (QED) is 0.202. The maximum Gasteiger partial charge on any atom is 0.262 e. The third-order valence-corrected chi connectivity index (χ3v) is 6.88. The first-order valence-electron chi connectivity index (χ1n) is 12.7. The number of imide groups is 1. The third kappa shape index (κ3) is 4.93. The van der Waals surface area contributed by atoms with Crippen molar-refractivity contribution in [2.45, 2.75) is 19.3 Å². The van der Waals surface area contributed by atoms with Gasteiger partial charge in [-0.3, -0.25) is 24.1 Å². The van der Waals surface area contributed by atoms with Crippen molar-refractivity contribution in [3.05, 3.63) is 89.5 Å². The molecule has 0 bridgehead atoms. The molecule has 0 saturated heterocycles. The van der Waals surface area contributed by atoms with E-state index in [-0.39, 0.29) is 37.0 Å². The molecule has 4 aromatic carbocycles. The first-order valence-corrected chi connectivity index (χ1v) is 12.7. The van der Waals surface area contributed by atoms with Gasteiger partial charge in [-0.1, -0.05) is 54.6 Å². The average molecular weight is 508 g/mol. The number of likely N-dealkylation sites (N-methyl/N-ethyl adjacent to an activating group) is 1. The molecule has 0 fully saturated rings. The molecule has 0 saturated carbocycles. The third-order valence-electron chi connectivity index (χ3n) is 6.88. The number of benzene rings is 4. The van der Waals surface area contributed by atoms with Gasteiger partial charge in [-0.15, -0.1) is 0 Å². The fraction of sp³-hybridized carbons (Fsp3) is 0.226. The van der Waals surface area contributed by atoms with Crippen LogP contribution in [0.15, 0.2) is 72.8 Å². The summed E-state index contributed by atoms with van der Waals surface area (Å²) >= 11 is 0. The molecule has 7 heteroatoms. The summed E-state index contributed by atoms with van der Waals surface area (Å²) in [6.07, 6.45) is 0.595. The molecule has 1 aliphatic heterocycles. The Morgan fingerprint density at radius 3 is 2.29 bits per heavy atom. The van der Waals surface area contributed by atoms with Gasteiger partial charge < -0.3 is 10.2 Å². The van der Waals surface area contributed by atoms with E-state index in [1.807, 2.05) is 73.6 Å². The summed E-state index contributed by atoms with van der Waals surface area (Å²) in [4.78, 5) is 55.7. The van der Waals surface area contributed by atoms with Crippen LogP contribution in [-0.2, 0) is 16.0 Å². The number of Topliss-reactive ketones (excluding diaryl/α,β-unsaturated/α-hetero) is 1. The predicted molar refractivity (Wildman–Crippen MR) is 148 cm³/mol. The molecular formula is C31H29N3O4. The van der Waals surface area contributed by atoms with E-state index < -0.39 is 5.91 Å². The summed E-state index contributed by atoms with van der Waals surface area (Å²) in [5.74, 6) is -1.29. The second-order valence-corrected chi connectivity index (χ2v) is 9.87. The zero-order valence-electron chi connectivity index (χ0n) is 21.5. The van der Waals surface area contributed by atoms with E-state index in [0.29, 0.717) is 40.6 Å². The summed E-state index contributed by atoms with van der Waals surface area (Å²) in [7, 11) is 3.77. The number of amides is 3. The van der Waals surface area contributed by atoms with E-state index in [1.165, 1.54) is 4.90 Å². The van der Waals surface area contributed by atoms with Crippen LogP contribution in [0.4, 0.5) is 5.69 Å². The molecule has 5 rings (SSSR count). The minimum Gasteiger partial charge on any atom is -0.325 e. The van der Waals surface area contributed by atoms with E-state index in [4.69, 9.17) is 0 Å². The monoisotopic (exact) mass is 507 g/mol. The van der Waals surface area contributed by atoms with Crippen molar-refractivity contribution >= 4 is 50.7 Å². The molecular weight excluding hydrogens is 478 g/mol. The largest absolute Gasteiger partial charge is 0.325 e. The van der Waals surface area contributed by atoms with Gasteiger partial charge >= 0.3 is 0 Å². The fourth-order valence-electron chi connectivity index (χ4n) is 4.99. The lowest BCUT2D eigenvalue weighted by Crippen LogP contribution is -2.43. The van der Waals surface area contributed by atoms with E-state index in [1.54, 1.807) is 18.2 Å². The molecule has 3 amide bonds. The van der Waals surface area contributed by atoms with Gasteiger partial charge in [0.15, 0.2) is 0 Å². The van der Waals surface area contributed by atoms with Gasteiger partial charge in [-0.25, -0.2) is 0 Å². The number of ketones is 1. The van der Waals surface area contributed by atoms with Crippen molar-refractivity contribution < 1.29 is 19.2 Å². The van der Waals surface area contributed by atoms with Gasteiger partial charge in [-0.2, -0.15) is 0 Å². The molecule has 1 heterocycles. The van der Waals surface area contributed by atoms with Gasteiger partial charge in [-0.05, 0) is 55.1 Å². The molecule has 192 valence electrons. The lowest BCUT2D eigenvalue weighted by atomic mass is 9.89. The Kier molecular flexibility index (Phi) is 7.03. The van der Waals surface area contributed by atoms with Crippen LogP contribution in [0.2, 0.25) is 0 Å². The number of aryl methyl sites for hydroxylation is 1. The number of hydrogen-bond acceptors (Lipinski definition) is 5. The molecule has 0 unspecified atom stereocenters. The highest BCUT2D eigenvalue weighted by molar-refractivity contribution is 6.32. The molecule has 38 heavy (non-hydrogen) atoms. The first-order chi connectivity index (χ1) is 18.3. The standard InChI is InChI=1S/C31H29N3O4/c1-33(2)16-17-34-30(37)24-12-6-10-21-18-22-11-7-13-25(28(22)29(27(21)24)31(34)38)32-26(36)19-23(35)15-14-20-8-4-3-5-9-20/h3-13,18H,14-17,19H2,1-2H3,(H,32,36). The molecule has 0 spiro atoms. The van der Waals surface area contributed by atoms with Crippen LogP contribution in [0.3, 0.4) is 0 Å². The normalized spacial score (nSPS) is 13.0. The van der Waals surface area contributed by atoms with Crippen molar-refractivity contribution in [3.63, 3.8) is 0 Å². The number of anilines is 1. The molecule has 0 atom stereocenters. The maximum absolute atomic E-state index is 13.8. The minimum absolute atomic E-state index is 0.155. The van der Waals surface area contributed by atoms with Crippen LogP contribution >= 0.6 is 0 Å². The number of carbonyl (C=O) groups excluding carboxylic acids is 4. The van der Waals surface area contributed by atoms with Crippen LogP contribution in [0, 0.1) is 0 Å². The summed E-state index contributed by atoms with van der Waals surface area (Å²) in [6.45, 7) is 0.781. The van der Waals surface area contributed by atoms with E-state index in [2.05, 4.69) is 5.32 Å². The first kappa shape index (κ1) is 25.3. The zero-order chi connectivity index (χ0) is 26.8. The van der Waals surface area contributed by atoms with Crippen molar-refractivity contribution in [1.82, 2.24) is 9.80 Å². The number of nitrogens with one attached hydrogen (secondary N) is 1. The second kappa shape index (κ2) is 10.6. The molecule has 1 aliphatic rings. The summed E-state index contributed by atoms with van der Waals surface area (Å²) in [5, 5.41) is 5.60. The topological polar surface area (TPSA) is 86.8 Å². The Morgan fingerprint density at radius 1 is 0.842 bits per heavy atom. The number of rotatable bonds is 9. The Labute approximate surface area is 221 Å². The van der Waals surface area contributed by atoms with Crippen LogP contribution in [-0.4, -0.2) is 60.5 Å². The van der Waals surface area contributed by atoms with E-state index in [9.17, 15) is 19.2 Å². The van der Waals surface area contributed by atoms with Gasteiger partial charge in [0.05, 0.1) is 12.0 Å². The van der Waals surface area contributed by atoms with Crippen molar-refractivity contribution in [3.8, 4) is 0 Å². The molecule has 0 aliphatic carbocycles. The average Bonchev–Trinajstić information content (AvgIpc) is 2.90. The summed E-state index contributed by atoms with van der Waals surface area (Å²) in [6, 6.07) is 22.5. The van der Waals surface area contributed by atoms with Crippen molar-refractivity contribution in [2.75, 3.05) is 32.5 Å². The van der Waals surface area contributed by atoms with Gasteiger partial charge in [0, 0.05) is 41.5 Å². The number of fused-ring (bicyclic) bond motifs is 2. The van der Waals surface area contributed by atoms with Crippen LogP contribution in [0.5, 0.6) is 0 Å². The van der Waals surface area contributed by atoms with Gasteiger partial charge in [0.1, 0.15) is 5.78 Å². The van der Waals surface area contributed by atoms with E-state index >= 15 is 0 Å².